The molecule has 0 aliphatic heterocycles. The fourth-order valence-corrected chi connectivity index (χ4v) is 3.69. The fraction of sp³-hybridized carbons (Fsp3) is 0.143. The van der Waals surface area contributed by atoms with E-state index >= 15 is 0 Å². The van der Waals surface area contributed by atoms with E-state index in [0.29, 0.717) is 30.4 Å². The van der Waals surface area contributed by atoms with Crippen LogP contribution in [-0.4, -0.2) is 6.29 Å². The van der Waals surface area contributed by atoms with Crippen LogP contribution in [0.3, 0.4) is 0 Å². The number of nitrogens with zero attached hydrogens (tertiary/aromatic N) is 1. The molecule has 0 unspecified atom stereocenters. The number of rotatable bonds is 8. The van der Waals surface area contributed by atoms with Crippen molar-refractivity contribution in [3.8, 4) is 22.8 Å². The fourth-order valence-electron chi connectivity index (χ4n) is 3.69. The highest BCUT2D eigenvalue weighted by atomic mass is 16.5. The summed E-state index contributed by atoms with van der Waals surface area (Å²) >= 11 is 0. The molecule has 1 aromatic heterocycles. The Morgan fingerprint density at radius 3 is 2.03 bits per heavy atom. The molecule has 4 rings (SSSR count). The third kappa shape index (κ3) is 4.86. The predicted octanol–water partition coefficient (Wildman–Crippen LogP) is 5.46. The minimum absolute atomic E-state index is 0.372. The van der Waals surface area contributed by atoms with E-state index in [-0.39, 0.29) is 0 Å². The van der Waals surface area contributed by atoms with Gasteiger partial charge in [-0.25, -0.2) is 0 Å². The molecule has 0 amide bonds. The van der Waals surface area contributed by atoms with Crippen LogP contribution in [0, 0.1) is 6.92 Å². The molecule has 4 nitrogen and oxygen atoms in total. The first kappa shape index (κ1) is 21.3. The summed E-state index contributed by atoms with van der Waals surface area (Å²) in [5.74, 6) is 1.27. The Labute approximate surface area is 188 Å². The minimum Gasteiger partial charge on any atom is -0.487 e. The Hall–Kier alpha value is -3.92. The van der Waals surface area contributed by atoms with Crippen LogP contribution in [0.2, 0.25) is 0 Å². The van der Waals surface area contributed by atoms with Crippen LogP contribution in [-0.2, 0) is 20.3 Å². The third-order valence-electron chi connectivity index (χ3n) is 5.25. The largest absolute Gasteiger partial charge is 0.487 e. The number of pyridine rings is 1. The van der Waals surface area contributed by atoms with Crippen LogP contribution >= 0.6 is 0 Å². The van der Waals surface area contributed by atoms with Crippen molar-refractivity contribution >= 4 is 6.29 Å². The predicted molar refractivity (Wildman–Crippen MR) is 125 cm³/mol. The molecular formula is C28H26NO3+. The van der Waals surface area contributed by atoms with Crippen molar-refractivity contribution in [1.29, 1.82) is 0 Å². The molecule has 0 aliphatic rings. The van der Waals surface area contributed by atoms with Crippen molar-refractivity contribution in [2.45, 2.75) is 20.1 Å². The maximum Gasteiger partial charge on any atom is 0.376 e. The summed E-state index contributed by atoms with van der Waals surface area (Å²) in [6.07, 6.45) is 2.80. The highest BCUT2D eigenvalue weighted by Gasteiger charge is 2.22. The topological polar surface area (TPSA) is 39.4 Å². The van der Waals surface area contributed by atoms with Crippen LogP contribution in [0.4, 0.5) is 0 Å². The van der Waals surface area contributed by atoms with E-state index in [9.17, 15) is 4.79 Å². The van der Waals surface area contributed by atoms with Crippen LogP contribution in [0.5, 0.6) is 11.6 Å². The molecule has 0 fully saturated rings. The average molecular weight is 425 g/mol. The Morgan fingerprint density at radius 2 is 1.41 bits per heavy atom. The molecule has 32 heavy (non-hydrogen) atoms. The molecule has 0 saturated heterocycles. The number of carbonyl (C=O) groups is 1. The number of benzene rings is 3. The van der Waals surface area contributed by atoms with Crippen LogP contribution in [0.15, 0.2) is 91.1 Å². The van der Waals surface area contributed by atoms with Gasteiger partial charge >= 0.3 is 5.88 Å². The van der Waals surface area contributed by atoms with Gasteiger partial charge in [-0.15, -0.1) is 0 Å². The van der Waals surface area contributed by atoms with Gasteiger partial charge < -0.3 is 9.47 Å². The van der Waals surface area contributed by atoms with Gasteiger partial charge in [-0.3, -0.25) is 4.79 Å². The number of hydrogen-bond donors (Lipinski definition) is 0. The summed E-state index contributed by atoms with van der Waals surface area (Å²) in [6, 6.07) is 27.8. The Balaban J connectivity index is 1.74. The number of hydrogen-bond acceptors (Lipinski definition) is 3. The number of aromatic nitrogens is 1. The lowest BCUT2D eigenvalue weighted by molar-refractivity contribution is -0.677. The first-order valence-electron chi connectivity index (χ1n) is 10.6. The van der Waals surface area contributed by atoms with E-state index in [4.69, 9.17) is 9.47 Å². The van der Waals surface area contributed by atoms with Gasteiger partial charge in [0.2, 0.25) is 0 Å². The summed E-state index contributed by atoms with van der Waals surface area (Å²) < 4.78 is 14.4. The second-order valence-electron chi connectivity index (χ2n) is 7.74. The molecule has 0 atom stereocenters. The SMILES string of the molecule is Cc1cc(C=O)c(OCc2ccccc2)c(-c2ccc[n+](C)c2OCc2ccccc2)c1. The van der Waals surface area contributed by atoms with Crippen LogP contribution in [0.1, 0.15) is 27.0 Å². The van der Waals surface area contributed by atoms with E-state index in [1.54, 1.807) is 0 Å². The number of carbonyl (C=O) groups excluding carboxylic acids is 1. The smallest absolute Gasteiger partial charge is 0.376 e. The van der Waals surface area contributed by atoms with Gasteiger partial charge in [0.25, 0.3) is 0 Å². The second-order valence-corrected chi connectivity index (χ2v) is 7.74. The highest BCUT2D eigenvalue weighted by molar-refractivity contribution is 5.87. The molecule has 3 aromatic carbocycles. The lowest BCUT2D eigenvalue weighted by Gasteiger charge is -2.16. The quantitative estimate of drug-likeness (QED) is 0.279. The number of ether oxygens (including phenoxy) is 2. The average Bonchev–Trinajstić information content (AvgIpc) is 2.83. The second kappa shape index (κ2) is 9.92. The summed E-state index contributed by atoms with van der Waals surface area (Å²) in [4.78, 5) is 11.9. The van der Waals surface area contributed by atoms with Gasteiger partial charge in [-0.2, -0.15) is 4.57 Å². The molecule has 1 heterocycles. The maximum atomic E-state index is 11.9. The molecule has 0 saturated carbocycles. The standard InChI is InChI=1S/C28H26NO3/c1-21-16-24(18-30)27(31-19-22-10-5-3-6-11-22)26(17-21)25-14-9-15-29(2)28(25)32-20-23-12-7-4-8-13-23/h3-18H,19-20H2,1-2H3/q+1. The molecule has 0 aliphatic carbocycles. The third-order valence-corrected chi connectivity index (χ3v) is 5.25. The van der Waals surface area contributed by atoms with E-state index in [1.165, 1.54) is 0 Å². The van der Waals surface area contributed by atoms with Gasteiger partial charge in [-0.05, 0) is 41.8 Å². The van der Waals surface area contributed by atoms with Crippen molar-refractivity contribution in [3.63, 3.8) is 0 Å². The first-order valence-corrected chi connectivity index (χ1v) is 10.6. The number of aryl methyl sites for hydroxylation is 2. The van der Waals surface area contributed by atoms with Gasteiger partial charge in [0.05, 0.1) is 11.1 Å². The Morgan fingerprint density at radius 1 is 0.781 bits per heavy atom. The summed E-state index contributed by atoms with van der Waals surface area (Å²) in [7, 11) is 1.95. The number of aldehydes is 1. The molecule has 0 N–H and O–H groups in total. The lowest BCUT2D eigenvalue weighted by Crippen LogP contribution is -2.30. The summed E-state index contributed by atoms with van der Waals surface area (Å²) in [5, 5.41) is 0. The minimum atomic E-state index is 0.372. The van der Waals surface area contributed by atoms with Crippen molar-refractivity contribution in [2.75, 3.05) is 0 Å². The molecule has 0 spiro atoms. The van der Waals surface area contributed by atoms with Crippen molar-refractivity contribution in [2.24, 2.45) is 7.05 Å². The first-order chi connectivity index (χ1) is 15.7. The monoisotopic (exact) mass is 424 g/mol. The van der Waals surface area contributed by atoms with Gasteiger partial charge in [0.15, 0.2) is 12.5 Å². The zero-order chi connectivity index (χ0) is 22.3. The summed E-state index contributed by atoms with van der Waals surface area (Å²) in [6.45, 7) is 2.79. The highest BCUT2D eigenvalue weighted by Crippen LogP contribution is 2.38. The molecule has 4 heteroatoms. The Bertz CT molecular complexity index is 1200. The van der Waals surface area contributed by atoms with Crippen LogP contribution < -0.4 is 14.0 Å². The normalized spacial score (nSPS) is 10.6. The van der Waals surface area contributed by atoms with Crippen molar-refractivity contribution < 1.29 is 18.8 Å². The van der Waals surface area contributed by atoms with E-state index in [1.807, 2.05) is 110 Å². The molecular weight excluding hydrogens is 398 g/mol. The van der Waals surface area contributed by atoms with Gasteiger partial charge in [0, 0.05) is 11.6 Å². The zero-order valence-corrected chi connectivity index (χ0v) is 18.3. The van der Waals surface area contributed by atoms with Gasteiger partial charge in [-0.1, -0.05) is 60.7 Å². The summed E-state index contributed by atoms with van der Waals surface area (Å²) in [5.41, 5.74) is 5.34. The van der Waals surface area contributed by atoms with Gasteiger partial charge in [0.1, 0.15) is 26.0 Å². The molecule has 0 radical (unpaired) electrons. The maximum absolute atomic E-state index is 11.9. The van der Waals surface area contributed by atoms with Crippen LogP contribution in [0.25, 0.3) is 11.1 Å². The molecule has 160 valence electrons. The van der Waals surface area contributed by atoms with E-state index in [0.717, 1.165) is 34.1 Å². The Kier molecular flexibility index (Phi) is 6.61. The van der Waals surface area contributed by atoms with Crippen molar-refractivity contribution in [1.82, 2.24) is 0 Å². The van der Waals surface area contributed by atoms with E-state index < -0.39 is 0 Å². The van der Waals surface area contributed by atoms with E-state index in [2.05, 4.69) is 0 Å². The zero-order valence-electron chi connectivity index (χ0n) is 18.3. The molecule has 0 bridgehead atoms. The van der Waals surface area contributed by atoms with Crippen molar-refractivity contribution in [3.05, 3.63) is 113 Å². The molecule has 4 aromatic rings. The lowest BCUT2D eigenvalue weighted by atomic mass is 9.99.